The summed E-state index contributed by atoms with van der Waals surface area (Å²) in [6, 6.07) is 2.81. The quantitative estimate of drug-likeness (QED) is 0.778. The van der Waals surface area contributed by atoms with Gasteiger partial charge in [0, 0.05) is 17.0 Å². The molecular weight excluding hydrogens is 258 g/mol. The van der Waals surface area contributed by atoms with Gasteiger partial charge in [0.2, 0.25) is 5.78 Å². The lowest BCUT2D eigenvalue weighted by atomic mass is 9.93. The fraction of sp³-hybridized carbons (Fsp3) is 0.133. The first kappa shape index (κ1) is 12.3. The molecule has 0 saturated carbocycles. The summed E-state index contributed by atoms with van der Waals surface area (Å²) in [5.41, 5.74) is 1.43. The second-order valence-corrected chi connectivity index (χ2v) is 4.87. The maximum Gasteiger partial charge on any atom is 0.203 e. The van der Waals surface area contributed by atoms with Crippen LogP contribution in [0.3, 0.4) is 0 Å². The van der Waals surface area contributed by atoms with Crippen molar-refractivity contribution in [2.45, 2.75) is 13.8 Å². The number of aromatic nitrogens is 1. The molecule has 100 valence electrons. The number of aromatic amines is 1. The van der Waals surface area contributed by atoms with Crippen LogP contribution in [0.1, 0.15) is 45.1 Å². The Morgan fingerprint density at radius 3 is 2.60 bits per heavy atom. The Morgan fingerprint density at radius 2 is 1.95 bits per heavy atom. The molecule has 2 N–H and O–H groups in total. The van der Waals surface area contributed by atoms with Crippen LogP contribution in [0.2, 0.25) is 0 Å². The first-order valence-electron chi connectivity index (χ1n) is 6.07. The van der Waals surface area contributed by atoms with Crippen molar-refractivity contribution >= 4 is 28.3 Å². The highest BCUT2D eigenvalue weighted by molar-refractivity contribution is 6.29. The highest BCUT2D eigenvalue weighted by Gasteiger charge is 2.28. The van der Waals surface area contributed by atoms with Crippen LogP contribution in [0.4, 0.5) is 0 Å². The van der Waals surface area contributed by atoms with Gasteiger partial charge in [-0.1, -0.05) is 0 Å². The van der Waals surface area contributed by atoms with E-state index in [-0.39, 0.29) is 39.9 Å². The number of nitrogens with one attached hydrogen (secondary N) is 1. The van der Waals surface area contributed by atoms with Crippen LogP contribution < -0.4 is 0 Å². The van der Waals surface area contributed by atoms with Crippen LogP contribution in [0.5, 0.6) is 5.75 Å². The van der Waals surface area contributed by atoms with Crippen molar-refractivity contribution in [1.29, 1.82) is 0 Å². The minimum atomic E-state index is -0.304. The number of Topliss-reactive ketones (excluding diaryl/α,β-unsaturated/α-hetero) is 2. The third-order valence-corrected chi connectivity index (χ3v) is 3.47. The van der Waals surface area contributed by atoms with Gasteiger partial charge in [-0.2, -0.15) is 0 Å². The number of fused-ring (bicyclic) bond motifs is 3. The molecule has 1 heterocycles. The monoisotopic (exact) mass is 269 g/mol. The molecule has 0 amide bonds. The van der Waals surface area contributed by atoms with Crippen molar-refractivity contribution in [3.05, 3.63) is 40.6 Å². The molecule has 20 heavy (non-hydrogen) atoms. The van der Waals surface area contributed by atoms with Crippen molar-refractivity contribution in [3.63, 3.8) is 0 Å². The maximum atomic E-state index is 12.2. The van der Waals surface area contributed by atoms with Gasteiger partial charge in [0.25, 0.3) is 0 Å². The average Bonchev–Trinajstić information content (AvgIpc) is 2.73. The summed E-state index contributed by atoms with van der Waals surface area (Å²) in [6.07, 6.45) is 1.28. The molecule has 0 spiro atoms. The second kappa shape index (κ2) is 3.90. The smallest absolute Gasteiger partial charge is 0.203 e. The fourth-order valence-corrected chi connectivity index (χ4v) is 2.46. The van der Waals surface area contributed by atoms with Gasteiger partial charge in [-0.15, -0.1) is 0 Å². The zero-order chi connectivity index (χ0) is 14.6. The van der Waals surface area contributed by atoms with Gasteiger partial charge in [-0.25, -0.2) is 0 Å². The molecule has 1 aliphatic carbocycles. The van der Waals surface area contributed by atoms with Crippen LogP contribution in [0.25, 0.3) is 10.9 Å². The summed E-state index contributed by atoms with van der Waals surface area (Å²) in [4.78, 5) is 38.5. The van der Waals surface area contributed by atoms with Crippen LogP contribution >= 0.6 is 0 Å². The van der Waals surface area contributed by atoms with Gasteiger partial charge in [-0.05, 0) is 26.0 Å². The average molecular weight is 269 g/mol. The van der Waals surface area contributed by atoms with Gasteiger partial charge in [-0.3, -0.25) is 14.4 Å². The number of phenols is 1. The maximum absolute atomic E-state index is 12.2. The summed E-state index contributed by atoms with van der Waals surface area (Å²) in [7, 11) is 0. The first-order valence-corrected chi connectivity index (χ1v) is 6.07. The van der Waals surface area contributed by atoms with Crippen molar-refractivity contribution in [3.8, 4) is 5.75 Å². The molecule has 0 saturated heterocycles. The Morgan fingerprint density at radius 1 is 1.25 bits per heavy atom. The zero-order valence-electron chi connectivity index (χ0n) is 10.9. The molecule has 0 bridgehead atoms. The minimum absolute atomic E-state index is 0.131. The number of carbonyl (C=O) groups excluding carboxylic acids is 3. The van der Waals surface area contributed by atoms with Crippen molar-refractivity contribution in [1.82, 2.24) is 4.98 Å². The van der Waals surface area contributed by atoms with Crippen molar-refractivity contribution < 1.29 is 19.5 Å². The third-order valence-electron chi connectivity index (χ3n) is 3.47. The Kier molecular flexibility index (Phi) is 2.41. The van der Waals surface area contributed by atoms with Crippen LogP contribution in [0, 0.1) is 0 Å². The standard InChI is InChI=1S/C15H11NO4/c1-6-3-12(19)14-13(15(6)20)9-4-8(7(2)17)11(18)5-10(9)16-14/h3-5,16,18H,1-2H3. The Balaban J connectivity index is 2.40. The van der Waals surface area contributed by atoms with E-state index in [0.29, 0.717) is 16.5 Å². The van der Waals surface area contributed by atoms with E-state index in [2.05, 4.69) is 4.98 Å². The molecule has 2 aromatic rings. The van der Waals surface area contributed by atoms with E-state index < -0.39 is 0 Å². The zero-order valence-corrected chi connectivity index (χ0v) is 10.9. The molecule has 5 heteroatoms. The number of allylic oxidation sites excluding steroid dienone is 2. The number of rotatable bonds is 1. The molecule has 1 aliphatic rings. The molecule has 0 atom stereocenters. The van der Waals surface area contributed by atoms with Gasteiger partial charge < -0.3 is 10.1 Å². The predicted molar refractivity (Wildman–Crippen MR) is 72.4 cm³/mol. The van der Waals surface area contributed by atoms with E-state index in [0.717, 1.165) is 0 Å². The number of phenolic OH excluding ortho intramolecular Hbond substituents is 1. The SMILES string of the molecule is CC(=O)c1cc2c3c([nH]c2cc1O)C(=O)C=C(C)C3=O. The number of H-pyrrole nitrogens is 1. The Hall–Kier alpha value is -2.69. The summed E-state index contributed by atoms with van der Waals surface area (Å²) >= 11 is 0. The van der Waals surface area contributed by atoms with Gasteiger partial charge >= 0.3 is 0 Å². The van der Waals surface area contributed by atoms with E-state index in [9.17, 15) is 19.5 Å². The number of aromatic hydroxyl groups is 1. The van der Waals surface area contributed by atoms with Crippen LogP contribution in [-0.4, -0.2) is 27.4 Å². The number of carbonyl (C=O) groups is 3. The molecule has 5 nitrogen and oxygen atoms in total. The second-order valence-electron chi connectivity index (χ2n) is 4.87. The summed E-state index contributed by atoms with van der Waals surface area (Å²) in [5.74, 6) is -1.00. The normalized spacial score (nSPS) is 14.4. The highest BCUT2D eigenvalue weighted by Crippen LogP contribution is 2.33. The van der Waals surface area contributed by atoms with E-state index >= 15 is 0 Å². The molecule has 3 rings (SSSR count). The summed E-state index contributed by atoms with van der Waals surface area (Å²) in [5, 5.41) is 10.3. The van der Waals surface area contributed by atoms with E-state index in [4.69, 9.17) is 0 Å². The largest absolute Gasteiger partial charge is 0.507 e. The lowest BCUT2D eigenvalue weighted by Crippen LogP contribution is -2.14. The first-order chi connectivity index (χ1) is 9.40. The molecule has 0 unspecified atom stereocenters. The van der Waals surface area contributed by atoms with Gasteiger partial charge in [0.15, 0.2) is 11.6 Å². The van der Waals surface area contributed by atoms with Crippen molar-refractivity contribution in [2.75, 3.05) is 0 Å². The van der Waals surface area contributed by atoms with Gasteiger partial charge in [0.05, 0.1) is 22.3 Å². The Bertz CT molecular complexity index is 839. The van der Waals surface area contributed by atoms with Crippen LogP contribution in [-0.2, 0) is 0 Å². The van der Waals surface area contributed by atoms with E-state index in [1.807, 2.05) is 0 Å². The Labute approximate surface area is 113 Å². The lowest BCUT2D eigenvalue weighted by molar-refractivity contribution is 0.0983. The van der Waals surface area contributed by atoms with Gasteiger partial charge in [0.1, 0.15) is 5.75 Å². The lowest BCUT2D eigenvalue weighted by Gasteiger charge is -2.08. The number of hydrogen-bond donors (Lipinski definition) is 2. The third kappa shape index (κ3) is 1.53. The molecular formula is C15H11NO4. The molecule has 1 aromatic heterocycles. The number of benzene rings is 1. The van der Waals surface area contributed by atoms with E-state index in [1.54, 1.807) is 6.92 Å². The topological polar surface area (TPSA) is 87.2 Å². The fourth-order valence-electron chi connectivity index (χ4n) is 2.46. The summed E-state index contributed by atoms with van der Waals surface area (Å²) in [6.45, 7) is 2.91. The highest BCUT2D eigenvalue weighted by atomic mass is 16.3. The van der Waals surface area contributed by atoms with E-state index in [1.165, 1.54) is 25.1 Å². The predicted octanol–water partition coefficient (Wildman–Crippen LogP) is 2.40. The summed E-state index contributed by atoms with van der Waals surface area (Å²) < 4.78 is 0. The van der Waals surface area contributed by atoms with Crippen molar-refractivity contribution in [2.24, 2.45) is 0 Å². The minimum Gasteiger partial charge on any atom is -0.507 e. The molecule has 0 aliphatic heterocycles. The van der Waals surface area contributed by atoms with Crippen LogP contribution in [0.15, 0.2) is 23.8 Å². The number of hydrogen-bond acceptors (Lipinski definition) is 4. The molecule has 1 aromatic carbocycles. The number of ketones is 3. The molecule has 0 fully saturated rings. The molecule has 0 radical (unpaired) electrons.